The smallest absolute Gasteiger partial charge is 0.253 e. The van der Waals surface area contributed by atoms with Gasteiger partial charge < -0.3 is 16.0 Å². The van der Waals surface area contributed by atoms with Gasteiger partial charge in [-0.15, -0.1) is 0 Å². The average Bonchev–Trinajstić information content (AvgIpc) is 2.45. The molecule has 6 heteroatoms. The topological polar surface area (TPSA) is 83.1 Å². The van der Waals surface area contributed by atoms with Crippen molar-refractivity contribution < 1.29 is 9.59 Å². The van der Waals surface area contributed by atoms with Crippen molar-refractivity contribution in [2.45, 2.75) is 33.2 Å². The third kappa shape index (κ3) is 4.87. The molecular weight excluding hydrogens is 256 g/mol. The maximum absolute atomic E-state index is 11.9. The first-order valence-electron chi connectivity index (χ1n) is 6.87. The molecule has 110 valence electrons. The van der Waals surface area contributed by atoms with Gasteiger partial charge in [0.2, 0.25) is 5.91 Å². The molecule has 1 atom stereocenters. The lowest BCUT2D eigenvalue weighted by atomic mass is 10.2. The minimum atomic E-state index is -0.569. The largest absolute Gasteiger partial charge is 0.370 e. The van der Waals surface area contributed by atoms with E-state index < -0.39 is 6.04 Å². The van der Waals surface area contributed by atoms with E-state index in [1.54, 1.807) is 19.1 Å². The third-order valence-corrected chi connectivity index (χ3v) is 2.67. The van der Waals surface area contributed by atoms with Gasteiger partial charge >= 0.3 is 0 Å². The molecule has 20 heavy (non-hydrogen) atoms. The zero-order valence-electron chi connectivity index (χ0n) is 12.2. The fourth-order valence-corrected chi connectivity index (χ4v) is 1.56. The van der Waals surface area contributed by atoms with Crippen LogP contribution < -0.4 is 16.0 Å². The summed E-state index contributed by atoms with van der Waals surface area (Å²) in [6.45, 7) is 6.93. The Labute approximate surface area is 119 Å². The van der Waals surface area contributed by atoms with E-state index in [0.717, 1.165) is 18.8 Å². The molecule has 0 fully saturated rings. The number of hydrogen-bond acceptors (Lipinski definition) is 4. The van der Waals surface area contributed by atoms with E-state index in [2.05, 4.69) is 27.9 Å². The maximum Gasteiger partial charge on any atom is 0.253 e. The molecular formula is C14H22N4O2. The molecule has 3 N–H and O–H groups in total. The Kier molecular flexibility index (Phi) is 6.49. The van der Waals surface area contributed by atoms with Gasteiger partial charge in [0.1, 0.15) is 11.9 Å². The fraction of sp³-hybridized carbons (Fsp3) is 0.500. The Morgan fingerprint density at radius 3 is 2.60 bits per heavy atom. The van der Waals surface area contributed by atoms with Crippen LogP contribution in [-0.4, -0.2) is 35.9 Å². The second kappa shape index (κ2) is 8.14. The molecule has 1 rings (SSSR count). The number of aromatic nitrogens is 1. The quantitative estimate of drug-likeness (QED) is 0.699. The van der Waals surface area contributed by atoms with E-state index >= 15 is 0 Å². The van der Waals surface area contributed by atoms with Crippen LogP contribution in [0.1, 0.15) is 37.6 Å². The Bertz CT molecular complexity index is 445. The van der Waals surface area contributed by atoms with Crippen LogP contribution in [0, 0.1) is 0 Å². The molecule has 0 aliphatic rings. The molecule has 0 aromatic carbocycles. The van der Waals surface area contributed by atoms with Crippen LogP contribution in [0.2, 0.25) is 0 Å². The highest BCUT2D eigenvalue weighted by Gasteiger charge is 2.15. The van der Waals surface area contributed by atoms with E-state index in [4.69, 9.17) is 0 Å². The summed E-state index contributed by atoms with van der Waals surface area (Å²) in [6, 6.07) is 2.87. The number of hydrogen-bond donors (Lipinski definition) is 3. The zero-order chi connectivity index (χ0) is 15.0. The number of carbonyl (C=O) groups is 2. The first kappa shape index (κ1) is 15.9. The third-order valence-electron chi connectivity index (χ3n) is 2.67. The standard InChI is InChI=1S/C14H22N4O2/c1-4-8-16-12-7-6-11(9-17-12)14(20)18-10(3)13(19)15-5-2/h6-7,9-10H,4-5,8H2,1-3H3,(H,15,19)(H,16,17)(H,18,20). The van der Waals surface area contributed by atoms with E-state index in [1.807, 2.05) is 6.92 Å². The van der Waals surface area contributed by atoms with Crippen LogP contribution in [-0.2, 0) is 4.79 Å². The minimum absolute atomic E-state index is 0.199. The number of carbonyl (C=O) groups excluding carboxylic acids is 2. The maximum atomic E-state index is 11.9. The lowest BCUT2D eigenvalue weighted by molar-refractivity contribution is -0.122. The van der Waals surface area contributed by atoms with E-state index in [1.165, 1.54) is 6.20 Å². The van der Waals surface area contributed by atoms with Crippen LogP contribution in [0.5, 0.6) is 0 Å². The normalized spacial score (nSPS) is 11.6. The number of anilines is 1. The molecule has 0 spiro atoms. The van der Waals surface area contributed by atoms with Crippen molar-refractivity contribution in [1.82, 2.24) is 15.6 Å². The van der Waals surface area contributed by atoms with Crippen molar-refractivity contribution in [1.29, 1.82) is 0 Å². The highest BCUT2D eigenvalue weighted by Crippen LogP contribution is 2.05. The van der Waals surface area contributed by atoms with Crippen molar-refractivity contribution in [2.75, 3.05) is 18.4 Å². The van der Waals surface area contributed by atoms with Gasteiger partial charge in [-0.05, 0) is 32.4 Å². The number of nitrogens with one attached hydrogen (secondary N) is 3. The molecule has 6 nitrogen and oxygen atoms in total. The summed E-state index contributed by atoms with van der Waals surface area (Å²) in [4.78, 5) is 27.6. The summed E-state index contributed by atoms with van der Waals surface area (Å²) >= 11 is 0. The number of pyridine rings is 1. The van der Waals surface area contributed by atoms with Crippen LogP contribution in [0.15, 0.2) is 18.3 Å². The number of rotatable bonds is 7. The molecule has 0 bridgehead atoms. The number of likely N-dealkylation sites (N-methyl/N-ethyl adjacent to an activating group) is 1. The highest BCUT2D eigenvalue weighted by molar-refractivity contribution is 5.97. The van der Waals surface area contributed by atoms with Crippen molar-refractivity contribution in [2.24, 2.45) is 0 Å². The molecule has 1 aromatic heterocycles. The molecule has 0 aliphatic carbocycles. The van der Waals surface area contributed by atoms with Gasteiger partial charge in [-0.2, -0.15) is 0 Å². The summed E-state index contributed by atoms with van der Waals surface area (Å²) in [5, 5.41) is 8.42. The molecule has 2 amide bonds. The zero-order valence-corrected chi connectivity index (χ0v) is 12.2. The van der Waals surface area contributed by atoms with E-state index in [0.29, 0.717) is 12.1 Å². The summed E-state index contributed by atoms with van der Waals surface area (Å²) in [6.07, 6.45) is 2.51. The fourth-order valence-electron chi connectivity index (χ4n) is 1.56. The van der Waals surface area contributed by atoms with Gasteiger partial charge in [-0.3, -0.25) is 9.59 Å². The number of amides is 2. The number of nitrogens with zero attached hydrogens (tertiary/aromatic N) is 1. The summed E-state index contributed by atoms with van der Waals surface area (Å²) in [5.74, 6) is 0.230. The Morgan fingerprint density at radius 2 is 2.05 bits per heavy atom. The Hall–Kier alpha value is -2.11. The van der Waals surface area contributed by atoms with Crippen molar-refractivity contribution in [3.8, 4) is 0 Å². The van der Waals surface area contributed by atoms with Crippen LogP contribution in [0.4, 0.5) is 5.82 Å². The minimum Gasteiger partial charge on any atom is -0.370 e. The predicted molar refractivity (Wildman–Crippen MR) is 78.6 cm³/mol. The van der Waals surface area contributed by atoms with Gasteiger partial charge in [-0.1, -0.05) is 6.92 Å². The molecule has 0 saturated carbocycles. The monoisotopic (exact) mass is 278 g/mol. The van der Waals surface area contributed by atoms with E-state index in [-0.39, 0.29) is 11.8 Å². The summed E-state index contributed by atoms with van der Waals surface area (Å²) in [5.41, 5.74) is 0.434. The van der Waals surface area contributed by atoms with Crippen molar-refractivity contribution in [3.05, 3.63) is 23.9 Å². The van der Waals surface area contributed by atoms with Gasteiger partial charge in [0, 0.05) is 19.3 Å². The molecule has 0 radical (unpaired) electrons. The molecule has 0 aliphatic heterocycles. The second-order valence-electron chi connectivity index (χ2n) is 4.45. The Balaban J connectivity index is 2.57. The van der Waals surface area contributed by atoms with Crippen LogP contribution in [0.3, 0.4) is 0 Å². The first-order chi connectivity index (χ1) is 9.58. The lowest BCUT2D eigenvalue weighted by Gasteiger charge is -2.13. The molecule has 1 unspecified atom stereocenters. The van der Waals surface area contributed by atoms with Crippen molar-refractivity contribution >= 4 is 17.6 Å². The molecule has 1 heterocycles. The molecule has 0 saturated heterocycles. The van der Waals surface area contributed by atoms with Gasteiger partial charge in [0.15, 0.2) is 0 Å². The van der Waals surface area contributed by atoms with Gasteiger partial charge in [0.05, 0.1) is 5.56 Å². The van der Waals surface area contributed by atoms with E-state index in [9.17, 15) is 9.59 Å². The second-order valence-corrected chi connectivity index (χ2v) is 4.45. The SMILES string of the molecule is CCCNc1ccc(C(=O)NC(C)C(=O)NCC)cn1. The summed E-state index contributed by atoms with van der Waals surface area (Å²) < 4.78 is 0. The predicted octanol–water partition coefficient (Wildman–Crippen LogP) is 1.16. The van der Waals surface area contributed by atoms with Crippen LogP contribution >= 0.6 is 0 Å². The first-order valence-corrected chi connectivity index (χ1v) is 6.87. The van der Waals surface area contributed by atoms with Gasteiger partial charge in [-0.25, -0.2) is 4.98 Å². The highest BCUT2D eigenvalue weighted by atomic mass is 16.2. The lowest BCUT2D eigenvalue weighted by Crippen LogP contribution is -2.44. The van der Waals surface area contributed by atoms with Gasteiger partial charge in [0.25, 0.3) is 5.91 Å². The Morgan fingerprint density at radius 1 is 1.30 bits per heavy atom. The summed E-state index contributed by atoms with van der Waals surface area (Å²) in [7, 11) is 0. The van der Waals surface area contributed by atoms with Crippen molar-refractivity contribution in [3.63, 3.8) is 0 Å². The average molecular weight is 278 g/mol. The van der Waals surface area contributed by atoms with Crippen LogP contribution in [0.25, 0.3) is 0 Å². The molecule has 1 aromatic rings.